The van der Waals surface area contributed by atoms with Crippen molar-refractivity contribution in [1.29, 1.82) is 0 Å². The van der Waals surface area contributed by atoms with Crippen LogP contribution >= 0.6 is 39.4 Å². The van der Waals surface area contributed by atoms with Gasteiger partial charge in [0.2, 0.25) is 5.13 Å². The lowest BCUT2D eigenvalue weighted by atomic mass is 10.1. The molecule has 4 rings (SSSR count). The van der Waals surface area contributed by atoms with E-state index in [0.717, 1.165) is 24.5 Å². The van der Waals surface area contributed by atoms with Gasteiger partial charge in [-0.3, -0.25) is 3.97 Å². The minimum Gasteiger partial charge on any atom is -0.304 e. The van der Waals surface area contributed by atoms with E-state index in [1.165, 1.54) is 27.1 Å². The number of fused-ring (bicyclic) bond motifs is 1. The predicted octanol–water partition coefficient (Wildman–Crippen LogP) is 6.45. The van der Waals surface area contributed by atoms with Crippen molar-refractivity contribution in [2.24, 2.45) is 4.99 Å². The zero-order valence-electron chi connectivity index (χ0n) is 17.0. The molecule has 5 nitrogen and oxygen atoms in total. The van der Waals surface area contributed by atoms with E-state index in [0.29, 0.717) is 5.13 Å². The number of aliphatic imine (C=N–C) groups is 1. The monoisotopic (exact) mass is 501 g/mol. The summed E-state index contributed by atoms with van der Waals surface area (Å²) in [6, 6.07) is 18.8. The Balaban J connectivity index is 0.000000318. The first kappa shape index (κ1) is 22.7. The highest BCUT2D eigenvalue weighted by Crippen LogP contribution is 2.34. The number of hydrogen-bond acceptors (Lipinski definition) is 6. The molecule has 2 heterocycles. The lowest BCUT2D eigenvalue weighted by molar-refractivity contribution is 0.515. The minimum absolute atomic E-state index is 0.704. The molecule has 0 saturated heterocycles. The average molecular weight is 503 g/mol. The third-order valence-electron chi connectivity index (χ3n) is 4.13. The van der Waals surface area contributed by atoms with E-state index in [1.807, 2.05) is 22.4 Å². The first-order chi connectivity index (χ1) is 14.6. The molecule has 0 radical (unpaired) electrons. The van der Waals surface area contributed by atoms with Gasteiger partial charge in [-0.2, -0.15) is 0 Å². The van der Waals surface area contributed by atoms with Crippen molar-refractivity contribution < 1.29 is 0 Å². The molecule has 0 amide bonds. The topological polar surface area (TPSA) is 45.5 Å². The minimum atomic E-state index is 0.704. The number of hydrogen-bond donors (Lipinski definition) is 1. The van der Waals surface area contributed by atoms with Crippen molar-refractivity contribution in [3.05, 3.63) is 66.2 Å². The van der Waals surface area contributed by atoms with Crippen LogP contribution in [-0.2, 0) is 0 Å². The van der Waals surface area contributed by atoms with Gasteiger partial charge in [-0.25, -0.2) is 13.9 Å². The van der Waals surface area contributed by atoms with Gasteiger partial charge in [0.25, 0.3) is 0 Å². The molecule has 0 saturated carbocycles. The van der Waals surface area contributed by atoms with Crippen LogP contribution in [0.2, 0.25) is 0 Å². The van der Waals surface area contributed by atoms with Crippen molar-refractivity contribution in [2.45, 2.75) is 11.8 Å². The molecule has 4 aromatic rings. The van der Waals surface area contributed by atoms with E-state index in [2.05, 4.69) is 104 Å². The van der Waals surface area contributed by atoms with Crippen LogP contribution in [0.3, 0.4) is 0 Å². The van der Waals surface area contributed by atoms with Gasteiger partial charge in [0.05, 0.1) is 17.9 Å². The number of aromatic nitrogens is 2. The van der Waals surface area contributed by atoms with E-state index < -0.39 is 0 Å². The van der Waals surface area contributed by atoms with Gasteiger partial charge in [-0.1, -0.05) is 37.3 Å². The number of benzene rings is 2. The van der Waals surface area contributed by atoms with Crippen molar-refractivity contribution in [1.82, 2.24) is 18.2 Å². The zero-order chi connectivity index (χ0) is 21.3. The largest absolute Gasteiger partial charge is 0.304 e. The SMILES string of the molecule is C=Nc1nc(-c2cccc3c2ccn3Sc2ccccc2)cs1.CCNCN(C)Br. The van der Waals surface area contributed by atoms with E-state index >= 15 is 0 Å². The summed E-state index contributed by atoms with van der Waals surface area (Å²) >= 11 is 6.46. The maximum Gasteiger partial charge on any atom is 0.209 e. The van der Waals surface area contributed by atoms with Crippen LogP contribution in [0.1, 0.15) is 6.92 Å². The second-order valence-electron chi connectivity index (χ2n) is 6.32. The quantitative estimate of drug-likeness (QED) is 0.179. The molecule has 0 spiro atoms. The fraction of sp³-hybridized carbons (Fsp3) is 0.182. The van der Waals surface area contributed by atoms with Crippen LogP contribution in [0, 0.1) is 0 Å². The average Bonchev–Trinajstić information content (AvgIpc) is 3.41. The summed E-state index contributed by atoms with van der Waals surface area (Å²) in [5, 5.41) is 7.05. The molecule has 0 aliphatic heterocycles. The maximum absolute atomic E-state index is 4.52. The van der Waals surface area contributed by atoms with E-state index in [9.17, 15) is 0 Å². The fourth-order valence-electron chi connectivity index (χ4n) is 2.77. The van der Waals surface area contributed by atoms with Crippen molar-refractivity contribution in [2.75, 3.05) is 20.3 Å². The van der Waals surface area contributed by atoms with Gasteiger partial charge in [0.1, 0.15) is 0 Å². The lowest BCUT2D eigenvalue weighted by Crippen LogP contribution is -2.23. The van der Waals surface area contributed by atoms with Gasteiger partial charge in [0.15, 0.2) is 0 Å². The summed E-state index contributed by atoms with van der Waals surface area (Å²) in [5.41, 5.74) is 3.25. The normalized spacial score (nSPS) is 10.8. The van der Waals surface area contributed by atoms with Crippen molar-refractivity contribution >= 4 is 62.2 Å². The Hall–Kier alpha value is -1.97. The van der Waals surface area contributed by atoms with Gasteiger partial charge in [-0.05, 0) is 56.5 Å². The lowest BCUT2D eigenvalue weighted by Gasteiger charge is -2.05. The number of rotatable bonds is 7. The maximum atomic E-state index is 4.52. The second kappa shape index (κ2) is 11.4. The number of thiazole rings is 1. The highest BCUT2D eigenvalue weighted by atomic mass is 79.9. The molecule has 0 bridgehead atoms. The van der Waals surface area contributed by atoms with Crippen LogP contribution in [0.4, 0.5) is 5.13 Å². The second-order valence-corrected chi connectivity index (χ2v) is 9.42. The molecular formula is C22H24BrN5S2. The Morgan fingerprint density at radius 3 is 2.63 bits per heavy atom. The number of nitrogens with one attached hydrogen (secondary N) is 1. The van der Waals surface area contributed by atoms with Gasteiger partial charge in [-0.15, -0.1) is 11.3 Å². The standard InChI is InChI=1S/C18H13N3S2.C4H11BrN2/c1-19-18-20-16(12-22-18)14-8-5-9-17-15(14)10-11-21(17)23-13-6-3-2-4-7-13;1-3-6-4-7(2)5/h2-12H,1H2;6H,3-4H2,1-2H3. The summed E-state index contributed by atoms with van der Waals surface area (Å²) in [7, 11) is 1.96. The number of halogens is 1. The van der Waals surface area contributed by atoms with Crippen molar-refractivity contribution in [3.63, 3.8) is 0 Å². The molecule has 30 heavy (non-hydrogen) atoms. The third-order valence-corrected chi connectivity index (χ3v) is 6.15. The Morgan fingerprint density at radius 1 is 1.20 bits per heavy atom. The Labute approximate surface area is 194 Å². The molecule has 0 fully saturated rings. The van der Waals surface area contributed by atoms with E-state index in [4.69, 9.17) is 0 Å². The summed E-state index contributed by atoms with van der Waals surface area (Å²) in [6.07, 6.45) is 2.10. The van der Waals surface area contributed by atoms with Crippen LogP contribution < -0.4 is 5.32 Å². The molecule has 0 aliphatic rings. The Kier molecular flexibility index (Phi) is 8.65. The highest BCUT2D eigenvalue weighted by molar-refractivity contribution is 9.07. The first-order valence-corrected chi connectivity index (χ1v) is 11.8. The molecule has 0 unspecified atom stereocenters. The molecule has 1 N–H and O–H groups in total. The summed E-state index contributed by atoms with van der Waals surface area (Å²) in [4.78, 5) is 9.63. The number of nitrogens with zero attached hydrogens (tertiary/aromatic N) is 4. The fourth-order valence-corrected chi connectivity index (χ4v) is 4.45. The molecule has 2 aromatic heterocycles. The van der Waals surface area contributed by atoms with Crippen LogP contribution in [0.15, 0.2) is 76.1 Å². The van der Waals surface area contributed by atoms with Gasteiger partial charge in [0, 0.05) is 43.6 Å². The first-order valence-electron chi connectivity index (χ1n) is 9.46. The predicted molar refractivity (Wildman–Crippen MR) is 135 cm³/mol. The molecule has 8 heteroatoms. The van der Waals surface area contributed by atoms with Crippen LogP contribution in [0.25, 0.3) is 22.2 Å². The van der Waals surface area contributed by atoms with Crippen molar-refractivity contribution in [3.8, 4) is 11.3 Å². The van der Waals surface area contributed by atoms with E-state index in [-0.39, 0.29) is 0 Å². The van der Waals surface area contributed by atoms with Crippen LogP contribution in [0.5, 0.6) is 0 Å². The molecular weight excluding hydrogens is 478 g/mol. The highest BCUT2D eigenvalue weighted by Gasteiger charge is 2.11. The summed E-state index contributed by atoms with van der Waals surface area (Å²) < 4.78 is 4.10. The summed E-state index contributed by atoms with van der Waals surface area (Å²) in [5.74, 6) is 0. The summed E-state index contributed by atoms with van der Waals surface area (Å²) in [6.45, 7) is 7.54. The third kappa shape index (κ3) is 6.02. The van der Waals surface area contributed by atoms with Gasteiger partial charge >= 0.3 is 0 Å². The van der Waals surface area contributed by atoms with Gasteiger partial charge < -0.3 is 5.32 Å². The van der Waals surface area contributed by atoms with Crippen LogP contribution in [-0.4, -0.2) is 39.9 Å². The molecule has 0 aliphatic carbocycles. The molecule has 0 atom stereocenters. The van der Waals surface area contributed by atoms with E-state index in [1.54, 1.807) is 11.9 Å². The smallest absolute Gasteiger partial charge is 0.209 e. The zero-order valence-corrected chi connectivity index (χ0v) is 20.2. The molecule has 2 aromatic carbocycles. The Bertz CT molecular complexity index is 1080. The molecule has 156 valence electrons. The Morgan fingerprint density at radius 2 is 2.00 bits per heavy atom.